The summed E-state index contributed by atoms with van der Waals surface area (Å²) in [5, 5.41) is 1.70. The Balaban J connectivity index is 1.36. The van der Waals surface area contributed by atoms with Crippen molar-refractivity contribution in [2.75, 3.05) is 5.75 Å². The van der Waals surface area contributed by atoms with Gasteiger partial charge in [-0.25, -0.2) is 4.98 Å². The second-order valence-electron chi connectivity index (χ2n) is 11.5. The van der Waals surface area contributed by atoms with Gasteiger partial charge >= 0.3 is 0 Å². The molecule has 3 aromatic carbocycles. The quantitative estimate of drug-likeness (QED) is 0.195. The van der Waals surface area contributed by atoms with Gasteiger partial charge in [0.2, 0.25) is 0 Å². The van der Waals surface area contributed by atoms with Gasteiger partial charge in [0.1, 0.15) is 0 Å². The Morgan fingerprint density at radius 1 is 0.921 bits per heavy atom. The van der Waals surface area contributed by atoms with Gasteiger partial charge in [-0.1, -0.05) is 93.6 Å². The molecule has 5 rings (SSSR count). The first-order valence-electron chi connectivity index (χ1n) is 14.3. The summed E-state index contributed by atoms with van der Waals surface area (Å²) >= 11 is 2.19. The fourth-order valence-corrected chi connectivity index (χ4v) is 7.06. The second kappa shape index (κ2) is 11.9. The van der Waals surface area contributed by atoms with Crippen LogP contribution in [0.3, 0.4) is 0 Å². The maximum Gasteiger partial charge on any atom is 0.0711 e. The molecule has 38 heavy (non-hydrogen) atoms. The minimum absolute atomic E-state index is 0.509. The van der Waals surface area contributed by atoms with Crippen LogP contribution in [0, 0.1) is 12.3 Å². The minimum atomic E-state index is 0.509. The first-order valence-corrected chi connectivity index (χ1v) is 15.3. The standard InChI is InChI=1S/C36H41NS/c1-5-36(21-22-36)25-38-35(20-17-29-10-6-7-12-33(29)26(2)3)31-11-8-9-28(24-31)14-18-32-19-16-30-15-13-27(4)23-34(30)37-32/h6-16,18-19,23-24,26,35H,5,17,20-22,25H2,1-4H3/b18-14+/t35-/m1/s1. The van der Waals surface area contributed by atoms with Crippen molar-refractivity contribution in [2.24, 2.45) is 5.41 Å². The monoisotopic (exact) mass is 519 g/mol. The Labute approximate surface area is 233 Å². The van der Waals surface area contributed by atoms with E-state index in [1.165, 1.54) is 64.6 Å². The van der Waals surface area contributed by atoms with Crippen molar-refractivity contribution in [3.8, 4) is 0 Å². The third kappa shape index (κ3) is 6.59. The van der Waals surface area contributed by atoms with Gasteiger partial charge in [0.05, 0.1) is 11.2 Å². The molecule has 0 aliphatic heterocycles. The number of benzene rings is 3. The summed E-state index contributed by atoms with van der Waals surface area (Å²) in [6.07, 6.45) is 10.8. The number of hydrogen-bond donors (Lipinski definition) is 0. The van der Waals surface area contributed by atoms with Gasteiger partial charge in [-0.3, -0.25) is 0 Å². The normalized spacial score (nSPS) is 15.4. The van der Waals surface area contributed by atoms with Crippen LogP contribution in [0.25, 0.3) is 23.1 Å². The summed E-state index contributed by atoms with van der Waals surface area (Å²) in [6.45, 7) is 9.11. The Bertz CT molecular complexity index is 1410. The molecule has 196 valence electrons. The zero-order valence-corrected chi connectivity index (χ0v) is 24.2. The van der Waals surface area contributed by atoms with E-state index in [0.29, 0.717) is 16.6 Å². The van der Waals surface area contributed by atoms with Gasteiger partial charge in [-0.2, -0.15) is 11.8 Å². The maximum atomic E-state index is 4.88. The summed E-state index contributed by atoms with van der Waals surface area (Å²) in [4.78, 5) is 4.88. The summed E-state index contributed by atoms with van der Waals surface area (Å²) < 4.78 is 0. The number of nitrogens with zero attached hydrogens (tertiary/aromatic N) is 1. The lowest BCUT2D eigenvalue weighted by Gasteiger charge is -2.22. The molecule has 0 spiro atoms. The molecule has 0 N–H and O–H groups in total. The topological polar surface area (TPSA) is 12.9 Å². The van der Waals surface area contributed by atoms with Crippen LogP contribution < -0.4 is 0 Å². The maximum absolute atomic E-state index is 4.88. The van der Waals surface area contributed by atoms with E-state index < -0.39 is 0 Å². The van der Waals surface area contributed by atoms with E-state index in [1.54, 1.807) is 0 Å². The van der Waals surface area contributed by atoms with E-state index in [9.17, 15) is 0 Å². The fraction of sp³-hybridized carbons (Fsp3) is 0.361. The van der Waals surface area contributed by atoms with Crippen molar-refractivity contribution in [3.05, 3.63) is 112 Å². The molecule has 0 radical (unpaired) electrons. The number of aryl methyl sites for hydroxylation is 2. The Morgan fingerprint density at radius 2 is 1.74 bits per heavy atom. The van der Waals surface area contributed by atoms with Crippen LogP contribution in [0.1, 0.15) is 91.1 Å². The van der Waals surface area contributed by atoms with Crippen LogP contribution in [0.15, 0.2) is 78.9 Å². The average Bonchev–Trinajstić information content (AvgIpc) is 3.72. The molecule has 0 saturated heterocycles. The molecule has 1 aromatic heterocycles. The lowest BCUT2D eigenvalue weighted by Crippen LogP contribution is -2.07. The molecule has 1 aliphatic carbocycles. The van der Waals surface area contributed by atoms with E-state index in [-0.39, 0.29) is 0 Å². The van der Waals surface area contributed by atoms with E-state index in [2.05, 4.69) is 130 Å². The van der Waals surface area contributed by atoms with E-state index in [4.69, 9.17) is 4.98 Å². The van der Waals surface area contributed by atoms with E-state index in [1.807, 2.05) is 0 Å². The fourth-order valence-electron chi connectivity index (χ4n) is 5.39. The number of rotatable bonds is 11. The van der Waals surface area contributed by atoms with Gasteiger partial charge < -0.3 is 0 Å². The lowest BCUT2D eigenvalue weighted by molar-refractivity contribution is 0.560. The second-order valence-corrected chi connectivity index (χ2v) is 12.7. The largest absolute Gasteiger partial charge is 0.248 e. The predicted octanol–water partition coefficient (Wildman–Crippen LogP) is 10.4. The zero-order valence-electron chi connectivity index (χ0n) is 23.4. The van der Waals surface area contributed by atoms with Crippen LogP contribution in [-0.4, -0.2) is 10.7 Å². The molecule has 4 aromatic rings. The zero-order chi connectivity index (χ0) is 26.5. The highest BCUT2D eigenvalue weighted by Gasteiger charge is 2.40. The van der Waals surface area contributed by atoms with Crippen LogP contribution in [-0.2, 0) is 6.42 Å². The van der Waals surface area contributed by atoms with Crippen molar-refractivity contribution < 1.29 is 0 Å². The van der Waals surface area contributed by atoms with Gasteiger partial charge in [-0.05, 0) is 102 Å². The van der Waals surface area contributed by atoms with Crippen LogP contribution in [0.5, 0.6) is 0 Å². The van der Waals surface area contributed by atoms with Gasteiger partial charge in [-0.15, -0.1) is 0 Å². The third-order valence-electron chi connectivity index (χ3n) is 8.25. The van der Waals surface area contributed by atoms with Crippen molar-refractivity contribution in [1.82, 2.24) is 4.98 Å². The SMILES string of the molecule is CCC1(CS[C@H](CCc2ccccc2C(C)C)c2cccc(/C=C/c3ccc4ccc(C)cc4n3)c2)CC1. The van der Waals surface area contributed by atoms with Gasteiger partial charge in [0.25, 0.3) is 0 Å². The molecule has 1 saturated carbocycles. The lowest BCUT2D eigenvalue weighted by atomic mass is 9.93. The molecule has 0 unspecified atom stereocenters. The molecule has 1 heterocycles. The summed E-state index contributed by atoms with van der Waals surface area (Å²) in [5.74, 6) is 1.84. The summed E-state index contributed by atoms with van der Waals surface area (Å²) in [6, 6.07) is 29.0. The first kappa shape index (κ1) is 26.8. The Morgan fingerprint density at radius 3 is 2.53 bits per heavy atom. The summed E-state index contributed by atoms with van der Waals surface area (Å²) in [7, 11) is 0. The molecule has 2 heteroatoms. The molecule has 0 bridgehead atoms. The Hall–Kier alpha value is -2.84. The smallest absolute Gasteiger partial charge is 0.0711 e. The third-order valence-corrected chi connectivity index (χ3v) is 9.94. The molecule has 1 nitrogen and oxygen atoms in total. The molecule has 1 aliphatic rings. The van der Waals surface area contributed by atoms with Crippen molar-refractivity contribution in [3.63, 3.8) is 0 Å². The highest BCUT2D eigenvalue weighted by Crippen LogP contribution is 2.53. The van der Waals surface area contributed by atoms with Crippen molar-refractivity contribution in [2.45, 2.75) is 71.0 Å². The Kier molecular flexibility index (Phi) is 8.39. The van der Waals surface area contributed by atoms with Gasteiger partial charge in [0, 0.05) is 10.6 Å². The number of thioether (sulfide) groups is 1. The number of aromatic nitrogens is 1. The number of fused-ring (bicyclic) bond motifs is 1. The van der Waals surface area contributed by atoms with E-state index in [0.717, 1.165) is 17.6 Å². The van der Waals surface area contributed by atoms with Crippen LogP contribution >= 0.6 is 11.8 Å². The van der Waals surface area contributed by atoms with Crippen LogP contribution in [0.4, 0.5) is 0 Å². The molecule has 0 amide bonds. The first-order chi connectivity index (χ1) is 18.4. The molecular weight excluding hydrogens is 478 g/mol. The molecule has 1 fully saturated rings. The highest BCUT2D eigenvalue weighted by atomic mass is 32.2. The predicted molar refractivity (Wildman–Crippen MR) is 168 cm³/mol. The van der Waals surface area contributed by atoms with Crippen LogP contribution in [0.2, 0.25) is 0 Å². The average molecular weight is 520 g/mol. The number of pyridine rings is 1. The summed E-state index contributed by atoms with van der Waals surface area (Å²) in [5.41, 5.74) is 9.61. The minimum Gasteiger partial charge on any atom is -0.248 e. The molecular formula is C36H41NS. The van der Waals surface area contributed by atoms with Gasteiger partial charge in [0.15, 0.2) is 0 Å². The molecule has 1 atom stereocenters. The number of hydrogen-bond acceptors (Lipinski definition) is 2. The highest BCUT2D eigenvalue weighted by molar-refractivity contribution is 7.99. The van der Waals surface area contributed by atoms with E-state index >= 15 is 0 Å². The van der Waals surface area contributed by atoms with Crippen molar-refractivity contribution >= 4 is 34.8 Å². The van der Waals surface area contributed by atoms with Crippen molar-refractivity contribution in [1.29, 1.82) is 0 Å².